The Hall–Kier alpha value is -6.71. The third-order valence-electron chi connectivity index (χ3n) is 11.2. The standard InChI is InChI=1S/C51H37N3/c1-34-22-25-45-43(28-34)44-32-41(38-30-49(47-20-10-12-26-52-47)54-50(31-38)48-21-11-13-27-53-48)42(37-24-23-35-14-8-9-15-36(35)29-37)33-46(44)51(45,39-16-4-2-5-17-39)40-18-6-3-7-19-40/h2-21,23-34H,22H2,1H3. The molecule has 0 saturated carbocycles. The van der Waals surface area contributed by atoms with E-state index in [1.165, 1.54) is 55.3 Å². The molecule has 0 bridgehead atoms. The van der Waals surface area contributed by atoms with Crippen LogP contribution in [0.1, 0.15) is 35.6 Å². The van der Waals surface area contributed by atoms with Gasteiger partial charge in [-0.1, -0.05) is 128 Å². The van der Waals surface area contributed by atoms with Crippen molar-refractivity contribution in [2.24, 2.45) is 5.92 Å². The van der Waals surface area contributed by atoms with Gasteiger partial charge in [-0.3, -0.25) is 9.97 Å². The molecule has 8 aromatic rings. The predicted molar refractivity (Wildman–Crippen MR) is 222 cm³/mol. The van der Waals surface area contributed by atoms with Crippen molar-refractivity contribution < 1.29 is 0 Å². The van der Waals surface area contributed by atoms with Crippen LogP contribution in [0.2, 0.25) is 0 Å². The zero-order chi connectivity index (χ0) is 36.1. The fourth-order valence-corrected chi connectivity index (χ4v) is 8.70. The van der Waals surface area contributed by atoms with Crippen LogP contribution in [0.5, 0.6) is 0 Å². The van der Waals surface area contributed by atoms with Crippen molar-refractivity contribution in [1.29, 1.82) is 0 Å². The summed E-state index contributed by atoms with van der Waals surface area (Å²) in [5.41, 5.74) is 15.2. The second kappa shape index (κ2) is 13.1. The minimum atomic E-state index is -0.482. The molecule has 5 aromatic carbocycles. The van der Waals surface area contributed by atoms with Crippen LogP contribution in [-0.4, -0.2) is 15.0 Å². The maximum atomic E-state index is 5.15. The summed E-state index contributed by atoms with van der Waals surface area (Å²) in [6, 6.07) is 59.1. The molecule has 0 N–H and O–H groups in total. The van der Waals surface area contributed by atoms with E-state index < -0.39 is 5.41 Å². The van der Waals surface area contributed by atoms with Crippen molar-refractivity contribution in [3.8, 4) is 45.0 Å². The molecule has 3 heterocycles. The van der Waals surface area contributed by atoms with Crippen LogP contribution >= 0.6 is 0 Å². The number of aromatic nitrogens is 3. The Morgan fingerprint density at radius 1 is 0.500 bits per heavy atom. The van der Waals surface area contributed by atoms with Crippen LogP contribution in [-0.2, 0) is 5.41 Å². The van der Waals surface area contributed by atoms with Gasteiger partial charge >= 0.3 is 0 Å². The summed E-state index contributed by atoms with van der Waals surface area (Å²) in [5.74, 6) is 0.426. The number of nitrogens with zero attached hydrogens (tertiary/aromatic N) is 3. The molecule has 1 unspecified atom stereocenters. The minimum absolute atomic E-state index is 0.426. The first-order valence-corrected chi connectivity index (χ1v) is 18.7. The van der Waals surface area contributed by atoms with Crippen LogP contribution in [0.3, 0.4) is 0 Å². The van der Waals surface area contributed by atoms with Crippen molar-refractivity contribution in [3.05, 3.63) is 216 Å². The fraction of sp³-hybridized carbons (Fsp3) is 0.0784. The minimum Gasteiger partial charge on any atom is -0.255 e. The van der Waals surface area contributed by atoms with Crippen molar-refractivity contribution in [2.75, 3.05) is 0 Å². The summed E-state index contributed by atoms with van der Waals surface area (Å²) in [5, 5.41) is 2.44. The second-order valence-corrected chi connectivity index (χ2v) is 14.5. The van der Waals surface area contributed by atoms with E-state index in [2.05, 4.69) is 146 Å². The Kier molecular flexibility index (Phi) is 7.73. The molecule has 2 aliphatic carbocycles. The molecule has 0 saturated heterocycles. The van der Waals surface area contributed by atoms with Crippen molar-refractivity contribution in [1.82, 2.24) is 15.0 Å². The molecule has 3 heteroatoms. The molecule has 0 spiro atoms. The first-order valence-electron chi connectivity index (χ1n) is 18.7. The molecule has 2 aliphatic rings. The summed E-state index contributed by atoms with van der Waals surface area (Å²) in [4.78, 5) is 14.6. The van der Waals surface area contributed by atoms with Crippen LogP contribution in [0.15, 0.2) is 194 Å². The molecule has 10 rings (SSSR count). The van der Waals surface area contributed by atoms with E-state index >= 15 is 0 Å². The Balaban J connectivity index is 1.33. The van der Waals surface area contributed by atoms with E-state index in [4.69, 9.17) is 15.0 Å². The Morgan fingerprint density at radius 2 is 1.09 bits per heavy atom. The Labute approximate surface area is 316 Å². The third kappa shape index (κ3) is 5.23. The number of pyridine rings is 3. The molecule has 54 heavy (non-hydrogen) atoms. The molecule has 256 valence electrons. The SMILES string of the molecule is CC1C=C2C(=CC1)C(c1ccccc1)(c1ccccc1)c1cc(-c3ccc4ccccc4c3)c(-c3cc(-c4ccccn4)nc(-c4ccccn4)c3)cc12. The van der Waals surface area contributed by atoms with Crippen molar-refractivity contribution in [2.45, 2.75) is 18.8 Å². The third-order valence-corrected chi connectivity index (χ3v) is 11.2. The number of hydrogen-bond donors (Lipinski definition) is 0. The van der Waals surface area contributed by atoms with Crippen LogP contribution in [0.25, 0.3) is 61.4 Å². The van der Waals surface area contributed by atoms with E-state index in [1.54, 1.807) is 0 Å². The molecule has 3 aromatic heterocycles. The summed E-state index contributed by atoms with van der Waals surface area (Å²) >= 11 is 0. The van der Waals surface area contributed by atoms with E-state index in [0.29, 0.717) is 5.92 Å². The lowest BCUT2D eigenvalue weighted by atomic mass is 9.66. The average molecular weight is 692 g/mol. The van der Waals surface area contributed by atoms with Crippen LogP contribution < -0.4 is 0 Å². The van der Waals surface area contributed by atoms with Gasteiger partial charge in [0.15, 0.2) is 0 Å². The number of rotatable bonds is 6. The zero-order valence-electron chi connectivity index (χ0n) is 30.0. The Bertz CT molecular complexity index is 2640. The lowest BCUT2D eigenvalue weighted by Gasteiger charge is -2.35. The maximum absolute atomic E-state index is 5.15. The van der Waals surface area contributed by atoms with E-state index in [1.807, 2.05) is 48.8 Å². The van der Waals surface area contributed by atoms with Crippen LogP contribution in [0, 0.1) is 5.92 Å². The van der Waals surface area contributed by atoms with Gasteiger partial charge in [0, 0.05) is 12.4 Å². The quantitative estimate of drug-likeness (QED) is 0.174. The van der Waals surface area contributed by atoms with Gasteiger partial charge in [-0.2, -0.15) is 0 Å². The van der Waals surface area contributed by atoms with Crippen LogP contribution in [0.4, 0.5) is 0 Å². The zero-order valence-corrected chi connectivity index (χ0v) is 30.0. The number of benzene rings is 5. The number of fused-ring (bicyclic) bond motifs is 4. The monoisotopic (exact) mass is 691 g/mol. The molecule has 3 nitrogen and oxygen atoms in total. The van der Waals surface area contributed by atoms with Gasteiger partial charge in [-0.05, 0) is 133 Å². The van der Waals surface area contributed by atoms with Gasteiger partial charge in [0.25, 0.3) is 0 Å². The van der Waals surface area contributed by atoms with E-state index in [0.717, 1.165) is 40.3 Å². The highest BCUT2D eigenvalue weighted by Crippen LogP contribution is 2.60. The lowest BCUT2D eigenvalue weighted by Crippen LogP contribution is -2.29. The number of hydrogen-bond acceptors (Lipinski definition) is 3. The second-order valence-electron chi connectivity index (χ2n) is 14.5. The van der Waals surface area contributed by atoms with Gasteiger partial charge in [0.2, 0.25) is 0 Å². The summed E-state index contributed by atoms with van der Waals surface area (Å²) in [6.45, 7) is 2.33. The molecule has 0 radical (unpaired) electrons. The highest BCUT2D eigenvalue weighted by Gasteiger charge is 2.49. The van der Waals surface area contributed by atoms with Gasteiger partial charge < -0.3 is 0 Å². The molecule has 0 fully saturated rings. The van der Waals surface area contributed by atoms with Gasteiger partial charge in [-0.15, -0.1) is 0 Å². The molecule has 0 amide bonds. The van der Waals surface area contributed by atoms with E-state index in [9.17, 15) is 0 Å². The first kappa shape index (κ1) is 32.0. The highest BCUT2D eigenvalue weighted by molar-refractivity contribution is 6.00. The summed E-state index contributed by atoms with van der Waals surface area (Å²) in [7, 11) is 0. The normalized spacial score (nSPS) is 15.6. The van der Waals surface area contributed by atoms with E-state index in [-0.39, 0.29) is 0 Å². The molecule has 1 atom stereocenters. The largest absolute Gasteiger partial charge is 0.255 e. The molecular weight excluding hydrogens is 655 g/mol. The van der Waals surface area contributed by atoms with Crippen molar-refractivity contribution >= 4 is 16.3 Å². The summed E-state index contributed by atoms with van der Waals surface area (Å²) < 4.78 is 0. The predicted octanol–water partition coefficient (Wildman–Crippen LogP) is 12.4. The summed E-state index contributed by atoms with van der Waals surface area (Å²) in [6.07, 6.45) is 9.69. The van der Waals surface area contributed by atoms with Gasteiger partial charge in [-0.25, -0.2) is 4.98 Å². The van der Waals surface area contributed by atoms with Crippen molar-refractivity contribution in [3.63, 3.8) is 0 Å². The highest BCUT2D eigenvalue weighted by atomic mass is 14.8. The molecular formula is C51H37N3. The maximum Gasteiger partial charge on any atom is 0.0900 e. The Morgan fingerprint density at radius 3 is 1.72 bits per heavy atom. The van der Waals surface area contributed by atoms with Gasteiger partial charge in [0.1, 0.15) is 0 Å². The first-order chi connectivity index (χ1) is 26.7. The number of allylic oxidation sites excluding steroid dienone is 4. The average Bonchev–Trinajstić information content (AvgIpc) is 3.53. The fourth-order valence-electron chi connectivity index (χ4n) is 8.70. The van der Waals surface area contributed by atoms with Gasteiger partial charge in [0.05, 0.1) is 28.2 Å². The topological polar surface area (TPSA) is 38.7 Å². The molecule has 0 aliphatic heterocycles. The smallest absolute Gasteiger partial charge is 0.0900 e. The lowest BCUT2D eigenvalue weighted by molar-refractivity contribution is 0.704.